The quantitative estimate of drug-likeness (QED) is 0.847. The first-order valence-electron chi connectivity index (χ1n) is 8.45. The van der Waals surface area contributed by atoms with Gasteiger partial charge in [0.25, 0.3) is 0 Å². The van der Waals surface area contributed by atoms with Gasteiger partial charge in [-0.1, -0.05) is 57.2 Å². The number of hydrogen-bond acceptors (Lipinski definition) is 2. The van der Waals surface area contributed by atoms with Crippen LogP contribution in [0.1, 0.15) is 57.1 Å². The average molecular weight is 282 g/mol. The maximum atomic E-state index is 4.64. The van der Waals surface area contributed by atoms with Gasteiger partial charge in [-0.2, -0.15) is 0 Å². The maximum Gasteiger partial charge on any atom is 0.0702 e. The van der Waals surface area contributed by atoms with Crippen LogP contribution >= 0.6 is 0 Å². The van der Waals surface area contributed by atoms with Crippen LogP contribution in [0.3, 0.4) is 0 Å². The Morgan fingerprint density at radius 1 is 1.19 bits per heavy atom. The third-order valence-corrected chi connectivity index (χ3v) is 4.76. The van der Waals surface area contributed by atoms with Crippen LogP contribution in [0.25, 0.3) is 10.9 Å². The summed E-state index contributed by atoms with van der Waals surface area (Å²) < 4.78 is 0. The van der Waals surface area contributed by atoms with Gasteiger partial charge in [-0.05, 0) is 36.6 Å². The molecule has 1 aliphatic carbocycles. The molecule has 0 radical (unpaired) electrons. The Balaban J connectivity index is 1.80. The van der Waals surface area contributed by atoms with Crippen molar-refractivity contribution in [1.82, 2.24) is 10.3 Å². The Morgan fingerprint density at radius 2 is 2.00 bits per heavy atom. The number of nitrogens with zero attached hydrogens (tertiary/aromatic N) is 1. The highest BCUT2D eigenvalue weighted by Crippen LogP contribution is 2.32. The molecule has 1 saturated carbocycles. The zero-order valence-corrected chi connectivity index (χ0v) is 13.0. The van der Waals surface area contributed by atoms with Gasteiger partial charge in [0.05, 0.1) is 5.52 Å². The van der Waals surface area contributed by atoms with Crippen molar-refractivity contribution in [3.63, 3.8) is 0 Å². The molecule has 3 rings (SSSR count). The first kappa shape index (κ1) is 14.5. The predicted octanol–water partition coefficient (Wildman–Crippen LogP) is 4.86. The molecule has 1 aromatic heterocycles. The zero-order valence-electron chi connectivity index (χ0n) is 13.0. The molecule has 0 spiro atoms. The van der Waals surface area contributed by atoms with E-state index in [1.165, 1.54) is 49.5 Å². The number of fused-ring (bicyclic) bond motifs is 1. The van der Waals surface area contributed by atoms with Gasteiger partial charge in [0.2, 0.25) is 0 Å². The maximum absolute atomic E-state index is 4.64. The Morgan fingerprint density at radius 3 is 2.81 bits per heavy atom. The summed E-state index contributed by atoms with van der Waals surface area (Å²) in [6.45, 7) is 3.21. The number of pyridine rings is 1. The van der Waals surface area contributed by atoms with E-state index in [1.807, 2.05) is 0 Å². The SMILES string of the molecule is CCNC(CC1CCCCC1)c1cnc2ccccc2c1. The second-order valence-electron chi connectivity index (χ2n) is 6.31. The van der Waals surface area contributed by atoms with E-state index in [0.717, 1.165) is 18.0 Å². The third-order valence-electron chi connectivity index (χ3n) is 4.76. The Bertz CT molecular complexity index is 573. The van der Waals surface area contributed by atoms with Crippen molar-refractivity contribution in [2.75, 3.05) is 6.54 Å². The molecule has 2 aromatic rings. The second-order valence-corrected chi connectivity index (χ2v) is 6.31. The first-order chi connectivity index (χ1) is 10.4. The highest BCUT2D eigenvalue weighted by Gasteiger charge is 2.20. The van der Waals surface area contributed by atoms with E-state index in [2.05, 4.69) is 53.8 Å². The van der Waals surface area contributed by atoms with Gasteiger partial charge < -0.3 is 5.32 Å². The molecule has 112 valence electrons. The molecule has 0 bridgehead atoms. The van der Waals surface area contributed by atoms with Crippen LogP contribution in [0.2, 0.25) is 0 Å². The van der Waals surface area contributed by atoms with Gasteiger partial charge in [0.15, 0.2) is 0 Å². The average Bonchev–Trinajstić information content (AvgIpc) is 2.55. The van der Waals surface area contributed by atoms with E-state index in [1.54, 1.807) is 0 Å². The van der Waals surface area contributed by atoms with Crippen LogP contribution in [0.15, 0.2) is 36.5 Å². The predicted molar refractivity (Wildman–Crippen MR) is 89.4 cm³/mol. The number of aromatic nitrogens is 1. The summed E-state index contributed by atoms with van der Waals surface area (Å²) in [6.07, 6.45) is 10.4. The smallest absolute Gasteiger partial charge is 0.0702 e. The van der Waals surface area contributed by atoms with E-state index < -0.39 is 0 Å². The lowest BCUT2D eigenvalue weighted by atomic mass is 9.83. The summed E-state index contributed by atoms with van der Waals surface area (Å²) >= 11 is 0. The minimum Gasteiger partial charge on any atom is -0.310 e. The van der Waals surface area contributed by atoms with E-state index in [9.17, 15) is 0 Å². The largest absolute Gasteiger partial charge is 0.310 e. The van der Waals surface area contributed by atoms with Gasteiger partial charge in [-0.25, -0.2) is 0 Å². The number of nitrogens with one attached hydrogen (secondary N) is 1. The molecular weight excluding hydrogens is 256 g/mol. The van der Waals surface area contributed by atoms with Gasteiger partial charge in [-0.15, -0.1) is 0 Å². The van der Waals surface area contributed by atoms with Crippen molar-refractivity contribution >= 4 is 10.9 Å². The van der Waals surface area contributed by atoms with Crippen molar-refractivity contribution in [2.24, 2.45) is 5.92 Å². The summed E-state index contributed by atoms with van der Waals surface area (Å²) in [5.74, 6) is 0.884. The van der Waals surface area contributed by atoms with Crippen LogP contribution in [-0.4, -0.2) is 11.5 Å². The molecule has 2 nitrogen and oxygen atoms in total. The van der Waals surface area contributed by atoms with Gasteiger partial charge in [0, 0.05) is 17.6 Å². The molecule has 0 aliphatic heterocycles. The summed E-state index contributed by atoms with van der Waals surface area (Å²) in [6, 6.07) is 11.2. The molecule has 0 amide bonds. The fourth-order valence-corrected chi connectivity index (χ4v) is 3.62. The minimum absolute atomic E-state index is 0.454. The molecule has 1 N–H and O–H groups in total. The standard InChI is InChI=1S/C19H26N2/c1-2-20-19(12-15-8-4-3-5-9-15)17-13-16-10-6-7-11-18(16)21-14-17/h6-7,10-11,13-15,19-20H,2-5,8-9,12H2,1H3. The molecule has 0 saturated heterocycles. The van der Waals surface area contributed by atoms with Crippen LogP contribution < -0.4 is 5.32 Å². The van der Waals surface area contributed by atoms with E-state index in [4.69, 9.17) is 0 Å². The first-order valence-corrected chi connectivity index (χ1v) is 8.45. The van der Waals surface area contributed by atoms with E-state index in [0.29, 0.717) is 6.04 Å². The lowest BCUT2D eigenvalue weighted by Gasteiger charge is -2.27. The second kappa shape index (κ2) is 7.04. The van der Waals surface area contributed by atoms with Gasteiger partial charge >= 0.3 is 0 Å². The highest BCUT2D eigenvalue weighted by atomic mass is 14.9. The zero-order chi connectivity index (χ0) is 14.5. The lowest BCUT2D eigenvalue weighted by Crippen LogP contribution is -2.24. The number of hydrogen-bond donors (Lipinski definition) is 1. The Labute approximate surface area is 128 Å². The van der Waals surface area contributed by atoms with Crippen LogP contribution in [0.4, 0.5) is 0 Å². The van der Waals surface area contributed by atoms with Crippen LogP contribution in [0, 0.1) is 5.92 Å². The van der Waals surface area contributed by atoms with Crippen LogP contribution in [0.5, 0.6) is 0 Å². The van der Waals surface area contributed by atoms with Crippen molar-refractivity contribution in [3.8, 4) is 0 Å². The molecule has 2 heteroatoms. The molecule has 1 aromatic carbocycles. The monoisotopic (exact) mass is 282 g/mol. The molecule has 1 aliphatic rings. The van der Waals surface area contributed by atoms with Crippen molar-refractivity contribution < 1.29 is 0 Å². The summed E-state index contributed by atoms with van der Waals surface area (Å²) in [5, 5.41) is 4.92. The molecule has 1 unspecified atom stereocenters. The minimum atomic E-state index is 0.454. The number of para-hydroxylation sites is 1. The summed E-state index contributed by atoms with van der Waals surface area (Å²) in [7, 11) is 0. The Kier molecular flexibility index (Phi) is 4.87. The molecule has 1 fully saturated rings. The molecule has 1 heterocycles. The summed E-state index contributed by atoms with van der Waals surface area (Å²) in [5.41, 5.74) is 2.44. The van der Waals surface area contributed by atoms with Crippen molar-refractivity contribution in [1.29, 1.82) is 0 Å². The van der Waals surface area contributed by atoms with Crippen molar-refractivity contribution in [2.45, 2.75) is 51.5 Å². The van der Waals surface area contributed by atoms with Crippen LogP contribution in [-0.2, 0) is 0 Å². The summed E-state index contributed by atoms with van der Waals surface area (Å²) in [4.78, 5) is 4.64. The number of benzene rings is 1. The highest BCUT2D eigenvalue weighted by molar-refractivity contribution is 5.78. The topological polar surface area (TPSA) is 24.9 Å². The molecular formula is C19H26N2. The lowest BCUT2D eigenvalue weighted by molar-refractivity contribution is 0.301. The Hall–Kier alpha value is -1.41. The van der Waals surface area contributed by atoms with E-state index in [-0.39, 0.29) is 0 Å². The fourth-order valence-electron chi connectivity index (χ4n) is 3.62. The van der Waals surface area contributed by atoms with E-state index >= 15 is 0 Å². The number of rotatable bonds is 5. The van der Waals surface area contributed by atoms with Gasteiger partial charge in [-0.3, -0.25) is 4.98 Å². The fraction of sp³-hybridized carbons (Fsp3) is 0.526. The normalized spacial score (nSPS) is 18.0. The van der Waals surface area contributed by atoms with Crippen molar-refractivity contribution in [3.05, 3.63) is 42.1 Å². The third kappa shape index (κ3) is 3.62. The molecule has 21 heavy (non-hydrogen) atoms. The van der Waals surface area contributed by atoms with Gasteiger partial charge in [0.1, 0.15) is 0 Å². The molecule has 1 atom stereocenters.